The van der Waals surface area contributed by atoms with E-state index < -0.39 is 6.04 Å². The molecule has 0 aliphatic carbocycles. The van der Waals surface area contributed by atoms with Gasteiger partial charge < -0.3 is 16.4 Å². The van der Waals surface area contributed by atoms with Crippen LogP contribution in [0, 0.1) is 0 Å². The Kier molecular flexibility index (Phi) is 10.9. The molecule has 3 rings (SSSR count). The first kappa shape index (κ1) is 27.1. The third-order valence-electron chi connectivity index (χ3n) is 5.38. The minimum atomic E-state index is -0.569. The summed E-state index contributed by atoms with van der Waals surface area (Å²) in [5.41, 5.74) is 8.77. The van der Waals surface area contributed by atoms with Crippen LogP contribution in [0.25, 0.3) is 0 Å². The maximum Gasteiger partial charge on any atom is 0.225 e. The van der Waals surface area contributed by atoms with Crippen molar-refractivity contribution >= 4 is 57.4 Å². The van der Waals surface area contributed by atoms with Crippen LogP contribution in [-0.4, -0.2) is 23.6 Å². The molecule has 0 aliphatic rings. The van der Waals surface area contributed by atoms with Gasteiger partial charge in [-0.25, -0.2) is 0 Å². The zero-order chi connectivity index (χ0) is 25.0. The Hall–Kier alpha value is -2.51. The summed E-state index contributed by atoms with van der Waals surface area (Å²) in [5, 5.41) is 7.11. The number of nitrogens with two attached hydrogens (primary N) is 1. The molecule has 184 valence electrons. The van der Waals surface area contributed by atoms with E-state index in [9.17, 15) is 9.59 Å². The third-order valence-corrected chi connectivity index (χ3v) is 7.06. The molecule has 4 N–H and O–H groups in total. The quantitative estimate of drug-likeness (QED) is 0.238. The molecule has 0 heterocycles. The predicted molar refractivity (Wildman–Crippen MR) is 147 cm³/mol. The first-order valence-electron chi connectivity index (χ1n) is 11.5. The van der Waals surface area contributed by atoms with Gasteiger partial charge in [-0.05, 0) is 55.1 Å². The van der Waals surface area contributed by atoms with Crippen molar-refractivity contribution in [1.29, 1.82) is 0 Å². The molecule has 3 aromatic rings. The molecular weight excluding hydrogens is 501 g/mol. The molecule has 0 aromatic heterocycles. The number of para-hydroxylation sites is 2. The molecule has 0 aliphatic heterocycles. The topological polar surface area (TPSA) is 84.2 Å². The zero-order valence-electron chi connectivity index (χ0n) is 19.3. The molecule has 0 unspecified atom stereocenters. The Morgan fingerprint density at radius 3 is 2.29 bits per heavy atom. The Morgan fingerprint density at radius 1 is 0.886 bits per heavy atom. The minimum Gasteiger partial charge on any atom is -0.353 e. The van der Waals surface area contributed by atoms with E-state index >= 15 is 0 Å². The number of hydrogen-bond donors (Lipinski definition) is 3. The van der Waals surface area contributed by atoms with Crippen LogP contribution >= 0.6 is 35.0 Å². The summed E-state index contributed by atoms with van der Waals surface area (Å²) in [6.07, 6.45) is 2.23. The van der Waals surface area contributed by atoms with E-state index in [-0.39, 0.29) is 17.4 Å². The molecule has 0 fully saturated rings. The highest BCUT2D eigenvalue weighted by Crippen LogP contribution is 2.33. The molecule has 1 atom stereocenters. The van der Waals surface area contributed by atoms with Gasteiger partial charge in [0.2, 0.25) is 11.0 Å². The lowest BCUT2D eigenvalue weighted by Gasteiger charge is -2.19. The smallest absolute Gasteiger partial charge is 0.225 e. The molecule has 35 heavy (non-hydrogen) atoms. The maximum atomic E-state index is 13.0. The first-order chi connectivity index (χ1) is 17.0. The highest BCUT2D eigenvalue weighted by molar-refractivity contribution is 8.13. The molecule has 3 aromatic carbocycles. The van der Waals surface area contributed by atoms with Gasteiger partial charge in [0.1, 0.15) is 0 Å². The van der Waals surface area contributed by atoms with E-state index in [1.165, 1.54) is 11.8 Å². The van der Waals surface area contributed by atoms with Crippen LogP contribution in [0.2, 0.25) is 10.0 Å². The molecule has 1 amide bonds. The number of rotatable bonds is 12. The van der Waals surface area contributed by atoms with Crippen molar-refractivity contribution in [3.8, 4) is 0 Å². The van der Waals surface area contributed by atoms with Gasteiger partial charge in [-0.1, -0.05) is 89.6 Å². The fraction of sp³-hybridized carbons (Fsp3) is 0.259. The fourth-order valence-corrected chi connectivity index (χ4v) is 4.91. The zero-order valence-corrected chi connectivity index (χ0v) is 21.6. The Balaban J connectivity index is 1.67. The van der Waals surface area contributed by atoms with Crippen LogP contribution in [0.5, 0.6) is 0 Å². The number of thioether (sulfide) groups is 1. The van der Waals surface area contributed by atoms with Gasteiger partial charge in [0.15, 0.2) is 0 Å². The van der Waals surface area contributed by atoms with Crippen molar-refractivity contribution in [1.82, 2.24) is 5.32 Å². The maximum absolute atomic E-state index is 13.0. The van der Waals surface area contributed by atoms with E-state index in [1.54, 1.807) is 18.2 Å². The summed E-state index contributed by atoms with van der Waals surface area (Å²) >= 11 is 13.8. The number of carbonyl (C=O) groups is 2. The highest BCUT2D eigenvalue weighted by Gasteiger charge is 2.22. The largest absolute Gasteiger partial charge is 0.353 e. The van der Waals surface area contributed by atoms with Crippen molar-refractivity contribution in [3.63, 3.8) is 0 Å². The van der Waals surface area contributed by atoms with Gasteiger partial charge in [-0.3, -0.25) is 9.59 Å². The van der Waals surface area contributed by atoms with Crippen LogP contribution < -0.4 is 16.4 Å². The Labute approximate surface area is 220 Å². The van der Waals surface area contributed by atoms with Crippen LogP contribution in [-0.2, 0) is 21.8 Å². The van der Waals surface area contributed by atoms with E-state index in [2.05, 4.69) is 10.6 Å². The number of carbonyl (C=O) groups excluding carboxylic acids is 2. The second kappa shape index (κ2) is 14.1. The summed E-state index contributed by atoms with van der Waals surface area (Å²) in [6, 6.07) is 22.0. The summed E-state index contributed by atoms with van der Waals surface area (Å²) in [4.78, 5) is 26.0. The van der Waals surface area contributed by atoms with E-state index in [0.717, 1.165) is 29.7 Å². The van der Waals surface area contributed by atoms with Crippen molar-refractivity contribution in [2.45, 2.75) is 37.5 Å². The predicted octanol–water partition coefficient (Wildman–Crippen LogP) is 6.35. The van der Waals surface area contributed by atoms with Gasteiger partial charge in [-0.2, -0.15) is 0 Å². The van der Waals surface area contributed by atoms with Crippen LogP contribution in [0.4, 0.5) is 11.4 Å². The normalized spacial score (nSPS) is 11.6. The second-order valence-electron chi connectivity index (χ2n) is 8.05. The van der Waals surface area contributed by atoms with E-state index in [4.69, 9.17) is 28.9 Å². The average Bonchev–Trinajstić information content (AvgIpc) is 2.86. The van der Waals surface area contributed by atoms with E-state index in [0.29, 0.717) is 34.5 Å². The number of halogens is 2. The number of anilines is 2. The molecular formula is C27H29Cl2N3O2S. The third kappa shape index (κ3) is 8.58. The number of nitrogens with one attached hydrogen (secondary N) is 2. The first-order valence-corrected chi connectivity index (χ1v) is 13.2. The highest BCUT2D eigenvalue weighted by atomic mass is 35.5. The molecule has 0 radical (unpaired) electrons. The average molecular weight is 531 g/mol. The Morgan fingerprint density at radius 2 is 1.57 bits per heavy atom. The molecule has 8 heteroatoms. The number of amides is 1. The number of unbranched alkanes of at least 4 members (excludes halogenated alkanes) is 1. The van der Waals surface area contributed by atoms with Gasteiger partial charge in [-0.15, -0.1) is 0 Å². The molecule has 0 saturated heterocycles. The van der Waals surface area contributed by atoms with Crippen LogP contribution in [0.15, 0.2) is 72.8 Å². The summed E-state index contributed by atoms with van der Waals surface area (Å²) < 4.78 is 0. The Bertz CT molecular complexity index is 1110. The van der Waals surface area contributed by atoms with Crippen LogP contribution in [0.1, 0.15) is 30.4 Å². The number of hydrogen-bond acceptors (Lipinski definition) is 5. The number of benzene rings is 3. The van der Waals surface area contributed by atoms with Crippen molar-refractivity contribution in [3.05, 3.63) is 94.0 Å². The standard InChI is InChI=1S/C27H29Cl2N3O2S/c28-21-12-8-13-22(29)26(21)32-23-14-5-4-11-20(23)17-25(33)31-24(15-6-7-16-30)27(34)35-18-19-9-2-1-3-10-19/h1-5,8-14,24,32H,6-7,15-18,30H2,(H,31,33)/t24-/m0/s1. The summed E-state index contributed by atoms with van der Waals surface area (Å²) in [6.45, 7) is 0.551. The van der Waals surface area contributed by atoms with Crippen molar-refractivity contribution < 1.29 is 9.59 Å². The van der Waals surface area contributed by atoms with Crippen molar-refractivity contribution in [2.75, 3.05) is 11.9 Å². The molecule has 0 spiro atoms. The second-order valence-corrected chi connectivity index (χ2v) is 9.85. The van der Waals surface area contributed by atoms with Gasteiger partial charge in [0.25, 0.3) is 0 Å². The summed E-state index contributed by atoms with van der Waals surface area (Å²) in [5.74, 6) is 0.338. The lowest BCUT2D eigenvalue weighted by Crippen LogP contribution is -2.40. The van der Waals surface area contributed by atoms with Gasteiger partial charge in [0.05, 0.1) is 28.2 Å². The van der Waals surface area contributed by atoms with Crippen molar-refractivity contribution in [2.24, 2.45) is 5.73 Å². The van der Waals surface area contributed by atoms with Crippen LogP contribution in [0.3, 0.4) is 0 Å². The summed E-state index contributed by atoms with van der Waals surface area (Å²) in [7, 11) is 0. The van der Waals surface area contributed by atoms with Gasteiger partial charge in [0, 0.05) is 11.4 Å². The molecule has 5 nitrogen and oxygen atoms in total. The lowest BCUT2D eigenvalue weighted by molar-refractivity contribution is -0.124. The lowest BCUT2D eigenvalue weighted by atomic mass is 10.1. The van der Waals surface area contributed by atoms with Gasteiger partial charge >= 0.3 is 0 Å². The monoisotopic (exact) mass is 529 g/mol. The molecule has 0 saturated carbocycles. The fourth-order valence-electron chi connectivity index (χ4n) is 3.54. The van der Waals surface area contributed by atoms with E-state index in [1.807, 2.05) is 54.6 Å². The minimum absolute atomic E-state index is 0.0477. The molecule has 0 bridgehead atoms. The SMILES string of the molecule is NCCCC[C@H](NC(=O)Cc1ccccc1Nc1c(Cl)cccc1Cl)C(=O)SCc1ccccc1.